The number of methoxy groups -OCH3 is 1. The molecule has 0 atom stereocenters. The molecule has 1 aromatic heterocycles. The molecule has 7 heteroatoms. The average molecular weight is 248 g/mol. The van der Waals surface area contributed by atoms with Crippen LogP contribution in [-0.2, 0) is 9.53 Å². The van der Waals surface area contributed by atoms with Crippen molar-refractivity contribution in [2.45, 2.75) is 5.03 Å². The SMILES string of the molecule is CNc1nc(SCC(=O)OC)c(F)cc1F. The number of hydrogen-bond donors (Lipinski definition) is 1. The molecule has 0 radical (unpaired) electrons. The van der Waals surface area contributed by atoms with Crippen molar-refractivity contribution in [1.82, 2.24) is 4.98 Å². The van der Waals surface area contributed by atoms with Crippen LogP contribution in [0.2, 0.25) is 0 Å². The highest BCUT2D eigenvalue weighted by Crippen LogP contribution is 2.23. The third-order valence-corrected chi connectivity index (χ3v) is 2.63. The van der Waals surface area contributed by atoms with Gasteiger partial charge < -0.3 is 10.1 Å². The molecule has 1 N–H and O–H groups in total. The van der Waals surface area contributed by atoms with E-state index in [-0.39, 0.29) is 16.6 Å². The molecule has 88 valence electrons. The Hall–Kier alpha value is -1.37. The predicted octanol–water partition coefficient (Wildman–Crippen LogP) is 1.67. The van der Waals surface area contributed by atoms with Crippen LogP contribution in [-0.4, -0.2) is 30.9 Å². The van der Waals surface area contributed by atoms with E-state index in [1.165, 1.54) is 14.2 Å². The molecule has 0 spiro atoms. The number of halogens is 2. The lowest BCUT2D eigenvalue weighted by Gasteiger charge is -2.05. The van der Waals surface area contributed by atoms with Crippen LogP contribution >= 0.6 is 11.8 Å². The Morgan fingerprint density at radius 3 is 2.81 bits per heavy atom. The van der Waals surface area contributed by atoms with E-state index in [0.29, 0.717) is 0 Å². The molecular formula is C9H10F2N2O2S. The quantitative estimate of drug-likeness (QED) is 0.648. The lowest BCUT2D eigenvalue weighted by atomic mass is 10.4. The molecule has 1 aromatic rings. The first-order valence-corrected chi connectivity index (χ1v) is 5.30. The normalized spacial score (nSPS) is 10.0. The number of anilines is 1. The fraction of sp³-hybridized carbons (Fsp3) is 0.333. The maximum Gasteiger partial charge on any atom is 0.316 e. The largest absolute Gasteiger partial charge is 0.468 e. The van der Waals surface area contributed by atoms with Crippen LogP contribution in [0.5, 0.6) is 0 Å². The molecule has 0 aliphatic carbocycles. The number of carbonyl (C=O) groups is 1. The molecule has 0 bridgehead atoms. The van der Waals surface area contributed by atoms with Crippen LogP contribution in [0.25, 0.3) is 0 Å². The third-order valence-electron chi connectivity index (χ3n) is 1.69. The van der Waals surface area contributed by atoms with E-state index in [2.05, 4.69) is 15.0 Å². The Labute approximate surface area is 95.4 Å². The first kappa shape index (κ1) is 12.7. The summed E-state index contributed by atoms with van der Waals surface area (Å²) in [6.45, 7) is 0. The van der Waals surface area contributed by atoms with E-state index in [4.69, 9.17) is 0 Å². The van der Waals surface area contributed by atoms with Crippen LogP contribution in [0.1, 0.15) is 0 Å². The summed E-state index contributed by atoms with van der Waals surface area (Å²) in [5.41, 5.74) is 0. The number of ether oxygens (including phenoxy) is 1. The Morgan fingerprint density at radius 2 is 2.25 bits per heavy atom. The molecule has 0 unspecified atom stereocenters. The molecule has 1 rings (SSSR count). The maximum absolute atomic E-state index is 13.2. The number of carbonyl (C=O) groups excluding carboxylic acids is 1. The lowest BCUT2D eigenvalue weighted by Crippen LogP contribution is -2.05. The highest BCUT2D eigenvalue weighted by molar-refractivity contribution is 7.99. The highest BCUT2D eigenvalue weighted by Gasteiger charge is 2.13. The van der Waals surface area contributed by atoms with Crippen LogP contribution < -0.4 is 5.32 Å². The van der Waals surface area contributed by atoms with Gasteiger partial charge in [-0.3, -0.25) is 4.79 Å². The summed E-state index contributed by atoms with van der Waals surface area (Å²) in [6.07, 6.45) is 0. The Kier molecular flexibility index (Phi) is 4.48. The molecule has 0 aliphatic rings. The van der Waals surface area contributed by atoms with Gasteiger partial charge in [-0.25, -0.2) is 13.8 Å². The number of esters is 1. The first-order valence-electron chi connectivity index (χ1n) is 4.32. The zero-order valence-electron chi connectivity index (χ0n) is 8.71. The van der Waals surface area contributed by atoms with Gasteiger partial charge in [0.05, 0.1) is 12.9 Å². The molecule has 0 saturated heterocycles. The Balaban J connectivity index is 2.83. The van der Waals surface area contributed by atoms with E-state index in [1.54, 1.807) is 0 Å². The van der Waals surface area contributed by atoms with Crippen molar-refractivity contribution in [3.05, 3.63) is 17.7 Å². The summed E-state index contributed by atoms with van der Waals surface area (Å²) in [5, 5.41) is 2.44. The zero-order chi connectivity index (χ0) is 12.1. The molecule has 1 heterocycles. The molecule has 0 aliphatic heterocycles. The van der Waals surface area contributed by atoms with Gasteiger partial charge in [0.25, 0.3) is 0 Å². The van der Waals surface area contributed by atoms with Crippen molar-refractivity contribution in [3.8, 4) is 0 Å². The monoisotopic (exact) mass is 248 g/mol. The average Bonchev–Trinajstić information content (AvgIpc) is 2.27. The second-order valence-electron chi connectivity index (χ2n) is 2.72. The van der Waals surface area contributed by atoms with Gasteiger partial charge in [0.1, 0.15) is 5.03 Å². The number of nitrogens with zero attached hydrogens (tertiary/aromatic N) is 1. The van der Waals surface area contributed by atoms with Crippen LogP contribution in [0.3, 0.4) is 0 Å². The second-order valence-corrected chi connectivity index (χ2v) is 3.68. The zero-order valence-corrected chi connectivity index (χ0v) is 9.53. The van der Waals surface area contributed by atoms with Crippen molar-refractivity contribution >= 4 is 23.5 Å². The topological polar surface area (TPSA) is 51.2 Å². The number of aromatic nitrogens is 1. The van der Waals surface area contributed by atoms with Gasteiger partial charge in [0.2, 0.25) is 0 Å². The smallest absolute Gasteiger partial charge is 0.316 e. The van der Waals surface area contributed by atoms with Crippen LogP contribution in [0, 0.1) is 11.6 Å². The molecule has 16 heavy (non-hydrogen) atoms. The van der Waals surface area contributed by atoms with E-state index >= 15 is 0 Å². The maximum atomic E-state index is 13.2. The summed E-state index contributed by atoms with van der Waals surface area (Å²) >= 11 is 0.851. The van der Waals surface area contributed by atoms with Crippen molar-refractivity contribution in [2.24, 2.45) is 0 Å². The van der Waals surface area contributed by atoms with Crippen LogP contribution in [0.15, 0.2) is 11.1 Å². The molecule has 0 saturated carbocycles. The highest BCUT2D eigenvalue weighted by atomic mass is 32.2. The van der Waals surface area contributed by atoms with E-state index in [0.717, 1.165) is 17.8 Å². The molecule has 0 amide bonds. The first-order chi connectivity index (χ1) is 7.58. The van der Waals surface area contributed by atoms with E-state index in [9.17, 15) is 13.6 Å². The number of nitrogens with one attached hydrogen (secondary N) is 1. The van der Waals surface area contributed by atoms with E-state index < -0.39 is 17.6 Å². The fourth-order valence-electron chi connectivity index (χ4n) is 0.912. The summed E-state index contributed by atoms with van der Waals surface area (Å²) in [5.74, 6) is -2.21. The number of rotatable bonds is 4. The lowest BCUT2D eigenvalue weighted by molar-refractivity contribution is -0.137. The number of thioether (sulfide) groups is 1. The predicted molar refractivity (Wildman–Crippen MR) is 56.4 cm³/mol. The summed E-state index contributed by atoms with van der Waals surface area (Å²) < 4.78 is 30.6. The molecule has 0 fully saturated rings. The summed E-state index contributed by atoms with van der Waals surface area (Å²) in [4.78, 5) is 14.5. The van der Waals surface area contributed by atoms with Crippen molar-refractivity contribution < 1.29 is 18.3 Å². The summed E-state index contributed by atoms with van der Waals surface area (Å²) in [6, 6.07) is 0.721. The Bertz CT molecular complexity index is 401. The third kappa shape index (κ3) is 3.06. The van der Waals surface area contributed by atoms with Gasteiger partial charge >= 0.3 is 5.97 Å². The van der Waals surface area contributed by atoms with Gasteiger partial charge in [-0.15, -0.1) is 0 Å². The van der Waals surface area contributed by atoms with Crippen LogP contribution in [0.4, 0.5) is 14.6 Å². The minimum Gasteiger partial charge on any atom is -0.468 e. The van der Waals surface area contributed by atoms with Gasteiger partial charge in [-0.1, -0.05) is 11.8 Å². The second kappa shape index (κ2) is 5.64. The minimum atomic E-state index is -0.801. The van der Waals surface area contributed by atoms with Gasteiger partial charge in [-0.2, -0.15) is 0 Å². The number of hydrogen-bond acceptors (Lipinski definition) is 5. The Morgan fingerprint density at radius 1 is 1.56 bits per heavy atom. The van der Waals surface area contributed by atoms with Crippen molar-refractivity contribution in [1.29, 1.82) is 0 Å². The number of pyridine rings is 1. The van der Waals surface area contributed by atoms with E-state index in [1.807, 2.05) is 0 Å². The van der Waals surface area contributed by atoms with Crippen molar-refractivity contribution in [2.75, 3.05) is 25.2 Å². The molecule has 4 nitrogen and oxygen atoms in total. The van der Waals surface area contributed by atoms with Crippen molar-refractivity contribution in [3.63, 3.8) is 0 Å². The standard InChI is InChI=1S/C9H10F2N2O2S/c1-12-8-5(10)3-6(11)9(13-8)16-4-7(14)15-2/h3H,4H2,1-2H3,(H,12,13). The summed E-state index contributed by atoms with van der Waals surface area (Å²) in [7, 11) is 2.70. The molecule has 0 aromatic carbocycles. The van der Waals surface area contributed by atoms with Gasteiger partial charge in [-0.05, 0) is 0 Å². The minimum absolute atomic E-state index is 0.0452. The van der Waals surface area contributed by atoms with Gasteiger partial charge in [0.15, 0.2) is 17.5 Å². The van der Waals surface area contributed by atoms with Gasteiger partial charge in [0, 0.05) is 13.1 Å². The fourth-order valence-corrected chi connectivity index (χ4v) is 1.64. The molecular weight excluding hydrogens is 238 g/mol.